The fourth-order valence-electron chi connectivity index (χ4n) is 0.883. The van der Waals surface area contributed by atoms with E-state index in [-0.39, 0.29) is 0 Å². The highest BCUT2D eigenvalue weighted by Gasteiger charge is 2.16. The lowest BCUT2D eigenvalue weighted by Gasteiger charge is -2.20. The van der Waals surface area contributed by atoms with Gasteiger partial charge in [0.05, 0.1) is 0 Å². The third-order valence-electron chi connectivity index (χ3n) is 1.66. The van der Waals surface area contributed by atoms with Gasteiger partial charge < -0.3 is 8.85 Å². The molecular formula is C8H20O2Si. The third kappa shape index (κ3) is 6.53. The first kappa shape index (κ1) is 11.1. The second kappa shape index (κ2) is 4.90. The molecule has 0 bridgehead atoms. The molecule has 0 aromatic carbocycles. The Hall–Kier alpha value is 0.137. The van der Waals surface area contributed by atoms with E-state index in [1.165, 1.54) is 6.42 Å². The molecule has 11 heavy (non-hydrogen) atoms. The van der Waals surface area contributed by atoms with Crippen molar-refractivity contribution in [1.29, 1.82) is 0 Å². The van der Waals surface area contributed by atoms with Crippen molar-refractivity contribution in [3.63, 3.8) is 0 Å². The molecule has 0 aliphatic carbocycles. The van der Waals surface area contributed by atoms with Gasteiger partial charge in [0.25, 0.3) is 0 Å². The minimum atomic E-state index is -1.29. The summed E-state index contributed by atoms with van der Waals surface area (Å²) >= 11 is 0. The minimum Gasteiger partial charge on any atom is -0.400 e. The van der Waals surface area contributed by atoms with Crippen LogP contribution in [0.15, 0.2) is 0 Å². The van der Waals surface area contributed by atoms with Gasteiger partial charge in [0.15, 0.2) is 0 Å². The summed E-state index contributed by atoms with van der Waals surface area (Å²) in [5.41, 5.74) is 0.405. The van der Waals surface area contributed by atoms with E-state index < -0.39 is 9.28 Å². The van der Waals surface area contributed by atoms with Crippen LogP contribution in [-0.2, 0) is 8.85 Å². The Labute approximate surface area is 71.7 Å². The van der Waals surface area contributed by atoms with E-state index in [1.807, 2.05) is 0 Å². The fraction of sp³-hybridized carbons (Fsp3) is 1.00. The van der Waals surface area contributed by atoms with Crippen LogP contribution in [0.3, 0.4) is 0 Å². The molecule has 0 spiro atoms. The molecule has 0 unspecified atom stereocenters. The second-order valence-electron chi connectivity index (χ2n) is 4.00. The van der Waals surface area contributed by atoms with Gasteiger partial charge in [0.1, 0.15) is 0 Å². The molecule has 0 aliphatic heterocycles. The van der Waals surface area contributed by atoms with Crippen LogP contribution < -0.4 is 0 Å². The summed E-state index contributed by atoms with van der Waals surface area (Å²) in [5, 5.41) is 0. The molecule has 0 saturated heterocycles. The summed E-state index contributed by atoms with van der Waals surface area (Å²) in [5.74, 6) is 0. The standard InChI is InChI=1S/C8H20O2Si/c1-8(2,3)6-7-11(9-4)10-5/h11H,6-7H2,1-5H3. The first-order valence-electron chi connectivity index (χ1n) is 4.05. The highest BCUT2D eigenvalue weighted by atomic mass is 28.3. The lowest BCUT2D eigenvalue weighted by atomic mass is 9.94. The predicted molar refractivity (Wildman–Crippen MR) is 50.0 cm³/mol. The monoisotopic (exact) mass is 176 g/mol. The van der Waals surface area contributed by atoms with Crippen LogP contribution in [0.1, 0.15) is 27.2 Å². The normalized spacial score (nSPS) is 12.5. The highest BCUT2D eigenvalue weighted by molar-refractivity contribution is 6.44. The van der Waals surface area contributed by atoms with Crippen molar-refractivity contribution in [1.82, 2.24) is 0 Å². The third-order valence-corrected chi connectivity index (χ3v) is 3.47. The first-order valence-corrected chi connectivity index (χ1v) is 5.81. The highest BCUT2D eigenvalue weighted by Crippen LogP contribution is 2.22. The molecule has 0 N–H and O–H groups in total. The molecule has 68 valence electrons. The van der Waals surface area contributed by atoms with E-state index in [2.05, 4.69) is 20.8 Å². The quantitative estimate of drug-likeness (QED) is 0.609. The van der Waals surface area contributed by atoms with Crippen LogP contribution in [0, 0.1) is 5.41 Å². The molecule has 0 saturated carbocycles. The van der Waals surface area contributed by atoms with Crippen LogP contribution in [0.4, 0.5) is 0 Å². The van der Waals surface area contributed by atoms with Crippen molar-refractivity contribution >= 4 is 9.28 Å². The first-order chi connectivity index (χ1) is 4.99. The van der Waals surface area contributed by atoms with Gasteiger partial charge in [-0.2, -0.15) is 0 Å². The molecule has 0 fully saturated rings. The summed E-state index contributed by atoms with van der Waals surface area (Å²) in [4.78, 5) is 0. The van der Waals surface area contributed by atoms with Crippen molar-refractivity contribution in [2.45, 2.75) is 33.2 Å². The average Bonchev–Trinajstić information content (AvgIpc) is 1.88. The summed E-state index contributed by atoms with van der Waals surface area (Å²) in [6, 6.07) is 1.11. The van der Waals surface area contributed by atoms with E-state index in [4.69, 9.17) is 8.85 Å². The molecule has 0 radical (unpaired) electrons. The summed E-state index contributed by atoms with van der Waals surface area (Å²) < 4.78 is 10.4. The topological polar surface area (TPSA) is 18.5 Å². The smallest absolute Gasteiger partial charge is 0.320 e. The van der Waals surface area contributed by atoms with Gasteiger partial charge in [-0.15, -0.1) is 0 Å². The zero-order chi connectivity index (χ0) is 8.91. The van der Waals surface area contributed by atoms with Crippen LogP contribution in [0.25, 0.3) is 0 Å². The molecular weight excluding hydrogens is 156 g/mol. The van der Waals surface area contributed by atoms with Gasteiger partial charge in [0.2, 0.25) is 0 Å². The van der Waals surface area contributed by atoms with Gasteiger partial charge in [-0.05, 0) is 17.9 Å². The van der Waals surface area contributed by atoms with Crippen molar-refractivity contribution in [3.8, 4) is 0 Å². The van der Waals surface area contributed by atoms with E-state index in [9.17, 15) is 0 Å². The minimum absolute atomic E-state index is 0.405. The Kier molecular flexibility index (Phi) is 4.96. The summed E-state index contributed by atoms with van der Waals surface area (Å²) in [7, 11) is 2.19. The maximum Gasteiger partial charge on any atom is 0.320 e. The number of hydrogen-bond acceptors (Lipinski definition) is 2. The Morgan fingerprint density at radius 3 is 1.82 bits per heavy atom. The number of hydrogen-bond donors (Lipinski definition) is 0. The molecule has 0 amide bonds. The van der Waals surface area contributed by atoms with E-state index in [1.54, 1.807) is 14.2 Å². The molecule has 0 aromatic rings. The second-order valence-corrected chi connectivity index (χ2v) is 6.38. The summed E-state index contributed by atoms with van der Waals surface area (Å²) in [6.45, 7) is 6.72. The van der Waals surface area contributed by atoms with Crippen LogP contribution in [0.2, 0.25) is 6.04 Å². The van der Waals surface area contributed by atoms with Gasteiger partial charge in [-0.1, -0.05) is 20.8 Å². The van der Waals surface area contributed by atoms with Gasteiger partial charge in [-0.25, -0.2) is 0 Å². The zero-order valence-corrected chi connectivity index (χ0v) is 9.46. The lowest BCUT2D eigenvalue weighted by molar-refractivity contribution is 0.267. The summed E-state index contributed by atoms with van der Waals surface area (Å²) in [6.07, 6.45) is 1.19. The van der Waals surface area contributed by atoms with Gasteiger partial charge in [0, 0.05) is 14.2 Å². The molecule has 0 atom stereocenters. The van der Waals surface area contributed by atoms with Crippen LogP contribution >= 0.6 is 0 Å². The molecule has 0 aliphatic rings. The fourth-order valence-corrected chi connectivity index (χ4v) is 2.65. The predicted octanol–water partition coefficient (Wildman–Crippen LogP) is 1.94. The van der Waals surface area contributed by atoms with Crippen molar-refractivity contribution in [2.75, 3.05) is 14.2 Å². The SMILES string of the molecule is CO[SiH](CCC(C)(C)C)OC. The van der Waals surface area contributed by atoms with E-state index >= 15 is 0 Å². The maximum atomic E-state index is 5.21. The Balaban J connectivity index is 3.51. The lowest BCUT2D eigenvalue weighted by Crippen LogP contribution is -2.21. The van der Waals surface area contributed by atoms with Crippen molar-refractivity contribution in [3.05, 3.63) is 0 Å². The van der Waals surface area contributed by atoms with Gasteiger partial charge in [-0.3, -0.25) is 0 Å². The van der Waals surface area contributed by atoms with Gasteiger partial charge >= 0.3 is 9.28 Å². The van der Waals surface area contributed by atoms with Crippen molar-refractivity contribution in [2.24, 2.45) is 5.41 Å². The zero-order valence-electron chi connectivity index (χ0n) is 8.31. The van der Waals surface area contributed by atoms with E-state index in [0.717, 1.165) is 6.04 Å². The number of rotatable bonds is 4. The van der Waals surface area contributed by atoms with Crippen LogP contribution in [-0.4, -0.2) is 23.5 Å². The maximum absolute atomic E-state index is 5.21. The van der Waals surface area contributed by atoms with Crippen LogP contribution in [0.5, 0.6) is 0 Å². The molecule has 0 rings (SSSR count). The molecule has 0 heterocycles. The van der Waals surface area contributed by atoms with Crippen molar-refractivity contribution < 1.29 is 8.85 Å². The molecule has 2 nitrogen and oxygen atoms in total. The Bertz CT molecular complexity index is 94.8. The Morgan fingerprint density at radius 2 is 1.55 bits per heavy atom. The Morgan fingerprint density at radius 1 is 1.09 bits per heavy atom. The largest absolute Gasteiger partial charge is 0.400 e. The average molecular weight is 176 g/mol. The molecule has 0 aromatic heterocycles. The van der Waals surface area contributed by atoms with E-state index in [0.29, 0.717) is 5.41 Å². The molecule has 3 heteroatoms.